The second kappa shape index (κ2) is 9.04. The zero-order chi connectivity index (χ0) is 21.1. The van der Waals surface area contributed by atoms with Gasteiger partial charge in [0, 0.05) is 42.5 Å². The molecule has 2 aromatic carbocycles. The van der Waals surface area contributed by atoms with Crippen molar-refractivity contribution in [3.8, 4) is 11.5 Å². The van der Waals surface area contributed by atoms with Gasteiger partial charge in [-0.1, -0.05) is 18.2 Å². The largest absolute Gasteiger partial charge is 0.493 e. The summed E-state index contributed by atoms with van der Waals surface area (Å²) in [6.45, 7) is 7.04. The molecule has 0 aliphatic carbocycles. The quantitative estimate of drug-likeness (QED) is 0.416. The van der Waals surface area contributed by atoms with Crippen LogP contribution >= 0.6 is 0 Å². The number of aromatic nitrogens is 1. The van der Waals surface area contributed by atoms with Crippen LogP contribution in [-0.2, 0) is 0 Å². The number of rotatable bonds is 8. The summed E-state index contributed by atoms with van der Waals surface area (Å²) in [6.07, 6.45) is 0.811. The third-order valence-corrected chi connectivity index (χ3v) is 5.49. The van der Waals surface area contributed by atoms with Crippen LogP contribution in [0.25, 0.3) is 21.8 Å². The Morgan fingerprint density at radius 2 is 2.00 bits per heavy atom. The molecule has 0 saturated carbocycles. The van der Waals surface area contributed by atoms with Crippen molar-refractivity contribution in [1.82, 2.24) is 9.88 Å². The lowest BCUT2D eigenvalue weighted by atomic mass is 10.1. The van der Waals surface area contributed by atoms with Gasteiger partial charge in [-0.25, -0.2) is 9.37 Å². The Morgan fingerprint density at radius 3 is 2.73 bits per heavy atom. The van der Waals surface area contributed by atoms with Gasteiger partial charge in [-0.3, -0.25) is 0 Å². The second-order valence-electron chi connectivity index (χ2n) is 8.21. The normalized spacial score (nSPS) is 17.2. The van der Waals surface area contributed by atoms with Crippen molar-refractivity contribution in [2.45, 2.75) is 38.9 Å². The van der Waals surface area contributed by atoms with Gasteiger partial charge in [0.1, 0.15) is 6.17 Å². The zero-order valence-corrected chi connectivity index (χ0v) is 18.0. The number of nitrogens with one attached hydrogen (secondary N) is 1. The van der Waals surface area contributed by atoms with Gasteiger partial charge < -0.3 is 19.7 Å². The second-order valence-corrected chi connectivity index (χ2v) is 8.21. The highest BCUT2D eigenvalue weighted by Crippen LogP contribution is 2.38. The number of ether oxygens (including phenoxy) is 2. The standard InChI is InChI=1S/C24H30FN3O2/c1-16(2)26-24-18-7-4-5-8-20(18)27-21-14-23(22(29-3)13-19(21)24)30-12-6-10-28-11-9-17(25)15-28/h4-5,7-8,13-14,16-17H,6,9-12,15H2,1-3H3,(H,26,27)/t17-/m0/s1. The van der Waals surface area contributed by atoms with E-state index in [9.17, 15) is 4.39 Å². The van der Waals surface area contributed by atoms with E-state index in [1.165, 1.54) is 0 Å². The molecule has 5 nitrogen and oxygen atoms in total. The Labute approximate surface area is 177 Å². The number of halogens is 1. The monoisotopic (exact) mass is 411 g/mol. The average Bonchev–Trinajstić information content (AvgIpc) is 3.15. The third kappa shape index (κ3) is 4.43. The molecule has 0 unspecified atom stereocenters. The van der Waals surface area contributed by atoms with Gasteiger partial charge in [0.05, 0.1) is 30.4 Å². The Hall–Kier alpha value is -2.60. The maximum absolute atomic E-state index is 13.3. The van der Waals surface area contributed by atoms with Gasteiger partial charge in [-0.2, -0.15) is 0 Å². The lowest BCUT2D eigenvalue weighted by Crippen LogP contribution is -2.23. The number of hydrogen-bond donors (Lipinski definition) is 1. The summed E-state index contributed by atoms with van der Waals surface area (Å²) in [5.41, 5.74) is 2.87. The van der Waals surface area contributed by atoms with E-state index in [1.54, 1.807) is 7.11 Å². The molecular weight excluding hydrogens is 381 g/mol. The van der Waals surface area contributed by atoms with Crippen molar-refractivity contribution in [3.05, 3.63) is 36.4 Å². The number of hydrogen-bond acceptors (Lipinski definition) is 5. The summed E-state index contributed by atoms with van der Waals surface area (Å²) in [7, 11) is 1.66. The average molecular weight is 412 g/mol. The van der Waals surface area contributed by atoms with Crippen LogP contribution in [0.1, 0.15) is 26.7 Å². The molecule has 1 aromatic heterocycles. The fraction of sp³-hybridized carbons (Fsp3) is 0.458. The van der Waals surface area contributed by atoms with Crippen molar-refractivity contribution in [1.29, 1.82) is 0 Å². The minimum atomic E-state index is -0.680. The van der Waals surface area contributed by atoms with Crippen molar-refractivity contribution in [2.75, 3.05) is 38.7 Å². The van der Waals surface area contributed by atoms with Crippen molar-refractivity contribution >= 4 is 27.5 Å². The Bertz CT molecular complexity index is 1020. The number of anilines is 1. The Morgan fingerprint density at radius 1 is 1.17 bits per heavy atom. The molecule has 6 heteroatoms. The van der Waals surface area contributed by atoms with Crippen LogP contribution < -0.4 is 14.8 Å². The highest BCUT2D eigenvalue weighted by molar-refractivity contribution is 6.08. The molecule has 4 rings (SSSR count). The number of fused-ring (bicyclic) bond motifs is 2. The van der Waals surface area contributed by atoms with Crippen LogP contribution in [0.15, 0.2) is 36.4 Å². The van der Waals surface area contributed by atoms with Gasteiger partial charge in [0.15, 0.2) is 11.5 Å². The third-order valence-electron chi connectivity index (χ3n) is 5.49. The van der Waals surface area contributed by atoms with Gasteiger partial charge in [-0.15, -0.1) is 0 Å². The van der Waals surface area contributed by atoms with E-state index < -0.39 is 6.17 Å². The smallest absolute Gasteiger partial charge is 0.163 e. The van der Waals surface area contributed by atoms with Crippen LogP contribution in [0.2, 0.25) is 0 Å². The Kier molecular flexibility index (Phi) is 6.23. The lowest BCUT2D eigenvalue weighted by molar-refractivity contribution is 0.243. The molecule has 2 heterocycles. The Balaban J connectivity index is 1.60. The summed E-state index contributed by atoms with van der Waals surface area (Å²) < 4.78 is 25.0. The highest BCUT2D eigenvalue weighted by atomic mass is 19.1. The van der Waals surface area contributed by atoms with E-state index in [2.05, 4.69) is 30.1 Å². The first-order valence-corrected chi connectivity index (χ1v) is 10.7. The highest BCUT2D eigenvalue weighted by Gasteiger charge is 2.21. The molecule has 160 valence electrons. The number of likely N-dealkylation sites (tertiary alicyclic amines) is 1. The van der Waals surface area contributed by atoms with Crippen molar-refractivity contribution < 1.29 is 13.9 Å². The predicted molar refractivity (Wildman–Crippen MR) is 121 cm³/mol. The molecule has 1 aliphatic rings. The molecule has 1 N–H and O–H groups in total. The number of nitrogens with zero attached hydrogens (tertiary/aromatic N) is 2. The zero-order valence-electron chi connectivity index (χ0n) is 18.0. The first-order chi connectivity index (χ1) is 14.5. The van der Waals surface area contributed by atoms with Gasteiger partial charge >= 0.3 is 0 Å². The van der Waals surface area contributed by atoms with E-state index in [0.717, 1.165) is 47.0 Å². The minimum Gasteiger partial charge on any atom is -0.493 e. The van der Waals surface area contributed by atoms with E-state index in [1.807, 2.05) is 30.3 Å². The molecule has 0 radical (unpaired) electrons. The van der Waals surface area contributed by atoms with Crippen LogP contribution in [0.4, 0.5) is 10.1 Å². The van der Waals surface area contributed by atoms with E-state index in [4.69, 9.17) is 14.5 Å². The van der Waals surface area contributed by atoms with Crippen LogP contribution in [0, 0.1) is 0 Å². The maximum Gasteiger partial charge on any atom is 0.163 e. The lowest BCUT2D eigenvalue weighted by Gasteiger charge is -2.18. The van der Waals surface area contributed by atoms with Crippen LogP contribution in [-0.4, -0.2) is 55.4 Å². The molecule has 3 aromatic rings. The van der Waals surface area contributed by atoms with Crippen LogP contribution in [0.3, 0.4) is 0 Å². The van der Waals surface area contributed by atoms with E-state index in [-0.39, 0.29) is 6.04 Å². The first kappa shape index (κ1) is 20.7. The van der Waals surface area contributed by atoms with Gasteiger partial charge in [0.25, 0.3) is 0 Å². The first-order valence-electron chi connectivity index (χ1n) is 10.7. The summed E-state index contributed by atoms with van der Waals surface area (Å²) in [4.78, 5) is 7.01. The number of alkyl halides is 1. The molecule has 1 saturated heterocycles. The number of pyridine rings is 1. The van der Waals surface area contributed by atoms with E-state index in [0.29, 0.717) is 31.1 Å². The van der Waals surface area contributed by atoms with Gasteiger partial charge in [-0.05, 0) is 38.8 Å². The molecule has 0 spiro atoms. The molecular formula is C24H30FN3O2. The minimum absolute atomic E-state index is 0.287. The molecule has 1 atom stereocenters. The summed E-state index contributed by atoms with van der Waals surface area (Å²) >= 11 is 0. The molecule has 30 heavy (non-hydrogen) atoms. The van der Waals surface area contributed by atoms with E-state index >= 15 is 0 Å². The maximum atomic E-state index is 13.3. The van der Waals surface area contributed by atoms with Crippen molar-refractivity contribution in [3.63, 3.8) is 0 Å². The van der Waals surface area contributed by atoms with Gasteiger partial charge in [0.2, 0.25) is 0 Å². The molecule has 1 fully saturated rings. The van der Waals surface area contributed by atoms with Crippen molar-refractivity contribution in [2.24, 2.45) is 0 Å². The molecule has 1 aliphatic heterocycles. The predicted octanol–water partition coefficient (Wildman–Crippen LogP) is 5.03. The number of methoxy groups -OCH3 is 1. The fourth-order valence-electron chi connectivity index (χ4n) is 4.07. The molecule has 0 amide bonds. The van der Waals surface area contributed by atoms with Crippen LogP contribution in [0.5, 0.6) is 11.5 Å². The SMILES string of the molecule is COc1cc2c(NC(C)C)c3ccccc3nc2cc1OCCCN1CC[C@H](F)C1. The summed E-state index contributed by atoms with van der Waals surface area (Å²) in [5.74, 6) is 1.38. The fourth-order valence-corrected chi connectivity index (χ4v) is 4.07. The number of para-hydroxylation sites is 1. The topological polar surface area (TPSA) is 46.6 Å². The molecule has 0 bridgehead atoms. The summed E-state index contributed by atoms with van der Waals surface area (Å²) in [5, 5.41) is 5.68. The summed E-state index contributed by atoms with van der Waals surface area (Å²) in [6, 6.07) is 12.4. The number of benzene rings is 2.